The van der Waals surface area contributed by atoms with E-state index in [-0.39, 0.29) is 23.3 Å². The molecule has 3 heterocycles. The Morgan fingerprint density at radius 1 is 1.17 bits per heavy atom. The number of halogens is 1. The summed E-state index contributed by atoms with van der Waals surface area (Å²) in [6.45, 7) is 0.695. The number of aromatic amines is 1. The van der Waals surface area contributed by atoms with Gasteiger partial charge in [0.25, 0.3) is 5.91 Å². The molecule has 2 N–H and O–H groups in total. The monoisotopic (exact) mass is 422 g/mol. The van der Waals surface area contributed by atoms with Gasteiger partial charge in [-0.15, -0.1) is 0 Å². The van der Waals surface area contributed by atoms with Gasteiger partial charge in [0.2, 0.25) is 5.91 Å². The van der Waals surface area contributed by atoms with Gasteiger partial charge in [0.05, 0.1) is 27.2 Å². The molecule has 2 fully saturated rings. The average molecular weight is 423 g/mol. The summed E-state index contributed by atoms with van der Waals surface area (Å²) < 4.78 is 0. The van der Waals surface area contributed by atoms with E-state index >= 15 is 0 Å². The summed E-state index contributed by atoms with van der Waals surface area (Å²) in [4.78, 5) is 35.3. The number of benzene rings is 1. The molecular formula is C23H23ClN4O2. The highest BCUT2D eigenvalue weighted by atomic mass is 35.5. The van der Waals surface area contributed by atoms with Crippen LogP contribution in [0.4, 0.5) is 5.69 Å². The van der Waals surface area contributed by atoms with E-state index in [1.165, 1.54) is 0 Å². The van der Waals surface area contributed by atoms with Crippen LogP contribution in [0.25, 0.3) is 11.0 Å². The maximum absolute atomic E-state index is 13.3. The van der Waals surface area contributed by atoms with Crippen molar-refractivity contribution in [3.05, 3.63) is 59.4 Å². The van der Waals surface area contributed by atoms with Gasteiger partial charge in [-0.25, -0.2) is 0 Å². The van der Waals surface area contributed by atoms with E-state index in [1.807, 2.05) is 41.3 Å². The lowest BCUT2D eigenvalue weighted by Crippen LogP contribution is -2.43. The predicted molar refractivity (Wildman–Crippen MR) is 117 cm³/mol. The minimum Gasteiger partial charge on any atom is -0.359 e. The van der Waals surface area contributed by atoms with E-state index < -0.39 is 0 Å². The van der Waals surface area contributed by atoms with Crippen molar-refractivity contribution in [2.45, 2.75) is 38.1 Å². The number of aromatic nitrogens is 2. The summed E-state index contributed by atoms with van der Waals surface area (Å²) in [6.07, 6.45) is 7.39. The number of carbonyl (C=O) groups is 2. The second kappa shape index (κ2) is 7.43. The molecule has 1 aliphatic carbocycles. The van der Waals surface area contributed by atoms with Crippen molar-refractivity contribution in [1.29, 1.82) is 0 Å². The van der Waals surface area contributed by atoms with Gasteiger partial charge in [-0.05, 0) is 56.4 Å². The molecule has 30 heavy (non-hydrogen) atoms. The van der Waals surface area contributed by atoms with Crippen LogP contribution in [0.5, 0.6) is 0 Å². The molecule has 1 aliphatic heterocycles. The number of hydrogen-bond donors (Lipinski definition) is 2. The summed E-state index contributed by atoms with van der Waals surface area (Å²) in [5.41, 5.74) is 2.56. The van der Waals surface area contributed by atoms with E-state index in [0.29, 0.717) is 22.6 Å². The van der Waals surface area contributed by atoms with Crippen LogP contribution in [0.2, 0.25) is 5.02 Å². The van der Waals surface area contributed by atoms with Crippen LogP contribution in [0.15, 0.2) is 48.8 Å². The molecule has 1 saturated heterocycles. The molecule has 6 nitrogen and oxygen atoms in total. The Labute approximate surface area is 179 Å². The van der Waals surface area contributed by atoms with E-state index in [4.69, 9.17) is 11.6 Å². The maximum Gasteiger partial charge on any atom is 0.255 e. The van der Waals surface area contributed by atoms with Crippen LogP contribution in [0.3, 0.4) is 0 Å². The number of pyridine rings is 1. The molecule has 7 heteroatoms. The van der Waals surface area contributed by atoms with Crippen molar-refractivity contribution in [3.63, 3.8) is 0 Å². The molecule has 1 aromatic carbocycles. The second-order valence-electron chi connectivity index (χ2n) is 8.29. The molecule has 2 aliphatic rings. The van der Waals surface area contributed by atoms with Crippen molar-refractivity contribution >= 4 is 40.1 Å². The molecule has 1 saturated carbocycles. The minimum absolute atomic E-state index is 0.0685. The number of nitrogens with one attached hydrogen (secondary N) is 2. The van der Waals surface area contributed by atoms with Gasteiger partial charge < -0.3 is 15.2 Å². The van der Waals surface area contributed by atoms with Gasteiger partial charge in [-0.1, -0.05) is 23.7 Å². The zero-order valence-corrected chi connectivity index (χ0v) is 17.3. The highest BCUT2D eigenvalue weighted by molar-refractivity contribution is 6.34. The van der Waals surface area contributed by atoms with Gasteiger partial charge in [-0.3, -0.25) is 14.6 Å². The highest BCUT2D eigenvalue weighted by Gasteiger charge is 2.49. The van der Waals surface area contributed by atoms with E-state index in [1.54, 1.807) is 12.4 Å². The van der Waals surface area contributed by atoms with Crippen LogP contribution in [-0.4, -0.2) is 34.4 Å². The van der Waals surface area contributed by atoms with Gasteiger partial charge >= 0.3 is 0 Å². The first-order chi connectivity index (χ1) is 14.6. The minimum atomic E-state index is -0.331. The van der Waals surface area contributed by atoms with Gasteiger partial charge in [0.1, 0.15) is 5.52 Å². The molecule has 154 valence electrons. The Morgan fingerprint density at radius 3 is 2.77 bits per heavy atom. The van der Waals surface area contributed by atoms with E-state index in [0.717, 1.165) is 43.3 Å². The lowest BCUT2D eigenvalue weighted by molar-refractivity contribution is -0.127. The fraction of sp³-hybridized carbons (Fsp3) is 0.348. The van der Waals surface area contributed by atoms with Gasteiger partial charge in [-0.2, -0.15) is 0 Å². The number of rotatable bonds is 3. The van der Waals surface area contributed by atoms with Gasteiger partial charge in [0.15, 0.2) is 0 Å². The quantitative estimate of drug-likeness (QED) is 0.660. The summed E-state index contributed by atoms with van der Waals surface area (Å²) in [6, 6.07) is 11.3. The average Bonchev–Trinajstić information content (AvgIpc) is 3.33. The maximum atomic E-state index is 13.3. The first kappa shape index (κ1) is 19.1. The molecule has 0 atom stereocenters. The number of nitrogens with zero attached hydrogens (tertiary/aromatic N) is 2. The fourth-order valence-corrected chi connectivity index (χ4v) is 5.13. The number of H-pyrrole nitrogens is 1. The van der Waals surface area contributed by atoms with Crippen molar-refractivity contribution in [2.24, 2.45) is 5.41 Å². The SMILES string of the molecule is O=C(NC1CCC2(CC1)CCN(c1ccccc1Cl)C2=O)c1c[nH]c2cccnc12. The normalized spacial score (nSPS) is 24.0. The lowest BCUT2D eigenvalue weighted by Gasteiger charge is -2.36. The first-order valence-electron chi connectivity index (χ1n) is 10.4. The largest absolute Gasteiger partial charge is 0.359 e. The number of anilines is 1. The third-order valence-corrected chi connectivity index (χ3v) is 6.93. The molecule has 3 aromatic rings. The van der Waals surface area contributed by atoms with Crippen LogP contribution < -0.4 is 10.2 Å². The first-order valence-corrected chi connectivity index (χ1v) is 10.7. The van der Waals surface area contributed by atoms with Crippen LogP contribution in [-0.2, 0) is 4.79 Å². The zero-order valence-electron chi connectivity index (χ0n) is 16.5. The number of para-hydroxylation sites is 1. The highest BCUT2D eigenvalue weighted by Crippen LogP contribution is 2.47. The molecule has 2 amide bonds. The number of carbonyl (C=O) groups excluding carboxylic acids is 2. The Morgan fingerprint density at radius 2 is 1.97 bits per heavy atom. The summed E-state index contributed by atoms with van der Waals surface area (Å²) in [5.74, 6) is 0.0533. The second-order valence-corrected chi connectivity index (χ2v) is 8.70. The molecule has 0 radical (unpaired) electrons. The molecule has 5 rings (SSSR count). The smallest absolute Gasteiger partial charge is 0.255 e. The Kier molecular flexibility index (Phi) is 4.74. The number of fused-ring (bicyclic) bond motifs is 1. The van der Waals surface area contributed by atoms with Crippen LogP contribution in [0.1, 0.15) is 42.5 Å². The van der Waals surface area contributed by atoms with Crippen molar-refractivity contribution < 1.29 is 9.59 Å². The third kappa shape index (κ3) is 3.16. The van der Waals surface area contributed by atoms with Crippen molar-refractivity contribution in [3.8, 4) is 0 Å². The molecule has 1 spiro atoms. The number of hydrogen-bond acceptors (Lipinski definition) is 3. The van der Waals surface area contributed by atoms with Crippen LogP contribution in [0, 0.1) is 5.41 Å². The zero-order chi connectivity index (χ0) is 20.7. The standard InChI is InChI=1S/C23H23ClN4O2/c24-17-4-1-2-6-19(17)28-13-11-23(22(28)30)9-7-15(8-10-23)27-21(29)16-14-26-18-5-3-12-25-20(16)18/h1-6,12,14-15,26H,7-11,13H2,(H,27,29). The lowest BCUT2D eigenvalue weighted by atomic mass is 9.71. The topological polar surface area (TPSA) is 78.1 Å². The summed E-state index contributed by atoms with van der Waals surface area (Å²) in [5, 5.41) is 3.75. The summed E-state index contributed by atoms with van der Waals surface area (Å²) in [7, 11) is 0. The fourth-order valence-electron chi connectivity index (χ4n) is 4.89. The van der Waals surface area contributed by atoms with Crippen LogP contribution >= 0.6 is 11.6 Å². The van der Waals surface area contributed by atoms with Crippen molar-refractivity contribution in [2.75, 3.05) is 11.4 Å². The molecule has 2 aromatic heterocycles. The van der Waals surface area contributed by atoms with Gasteiger partial charge in [0, 0.05) is 25.0 Å². The Balaban J connectivity index is 1.25. The van der Waals surface area contributed by atoms with E-state index in [9.17, 15) is 9.59 Å². The molecule has 0 unspecified atom stereocenters. The Hall–Kier alpha value is -2.86. The molecular weight excluding hydrogens is 400 g/mol. The third-order valence-electron chi connectivity index (χ3n) is 6.61. The van der Waals surface area contributed by atoms with Crippen molar-refractivity contribution in [1.82, 2.24) is 15.3 Å². The number of amides is 2. The Bertz CT molecular complexity index is 1120. The van der Waals surface area contributed by atoms with E-state index in [2.05, 4.69) is 15.3 Å². The molecule has 0 bridgehead atoms. The predicted octanol–water partition coefficient (Wildman–Crippen LogP) is 4.31. The summed E-state index contributed by atoms with van der Waals surface area (Å²) >= 11 is 6.32.